The van der Waals surface area contributed by atoms with E-state index in [-0.39, 0.29) is 29.9 Å². The molecular formula is C28H31N3O6S. The smallest absolute Gasteiger partial charge is 0.294 e. The second-order valence-corrected chi connectivity index (χ2v) is 10.2. The molecule has 0 unspecified atom stereocenters. The normalized spacial score (nSPS) is 16.9. The Kier molecular flexibility index (Phi) is 9.06. The third-order valence-electron chi connectivity index (χ3n) is 6.31. The number of benzene rings is 2. The van der Waals surface area contributed by atoms with Gasteiger partial charge in [0.05, 0.1) is 12.0 Å². The van der Waals surface area contributed by atoms with E-state index in [0.29, 0.717) is 35.8 Å². The number of rotatable bonds is 8. The molecule has 0 radical (unpaired) electrons. The number of carbonyl (C=O) groups excluding carboxylic acids is 4. The van der Waals surface area contributed by atoms with Gasteiger partial charge in [-0.15, -0.1) is 0 Å². The highest BCUT2D eigenvalue weighted by Crippen LogP contribution is 2.34. The second-order valence-electron chi connectivity index (χ2n) is 9.18. The maximum Gasteiger partial charge on any atom is 0.294 e. The van der Waals surface area contributed by atoms with Crippen LogP contribution >= 0.6 is 11.8 Å². The van der Waals surface area contributed by atoms with E-state index in [1.807, 2.05) is 31.2 Å². The lowest BCUT2D eigenvalue weighted by atomic mass is 10.2. The molecule has 2 aromatic rings. The Labute approximate surface area is 226 Å². The minimum atomic E-state index is -0.491. The number of anilines is 1. The Balaban J connectivity index is 1.37. The van der Waals surface area contributed by atoms with Crippen LogP contribution in [0.5, 0.6) is 11.5 Å². The molecule has 2 heterocycles. The fraction of sp³-hybridized carbons (Fsp3) is 0.357. The zero-order chi connectivity index (χ0) is 27.1. The van der Waals surface area contributed by atoms with Gasteiger partial charge in [-0.2, -0.15) is 0 Å². The van der Waals surface area contributed by atoms with Gasteiger partial charge < -0.3 is 19.7 Å². The van der Waals surface area contributed by atoms with Gasteiger partial charge >= 0.3 is 0 Å². The van der Waals surface area contributed by atoms with Crippen LogP contribution in [0.25, 0.3) is 6.08 Å². The van der Waals surface area contributed by atoms with Gasteiger partial charge in [0, 0.05) is 18.8 Å². The fourth-order valence-corrected chi connectivity index (χ4v) is 5.05. The van der Waals surface area contributed by atoms with Crippen LogP contribution in [-0.4, -0.2) is 66.1 Å². The molecule has 2 fully saturated rings. The summed E-state index contributed by atoms with van der Waals surface area (Å²) in [5, 5.41) is 2.31. The highest BCUT2D eigenvalue weighted by atomic mass is 32.2. The average Bonchev–Trinajstić information content (AvgIpc) is 3.09. The van der Waals surface area contributed by atoms with Crippen molar-refractivity contribution in [1.82, 2.24) is 9.80 Å². The van der Waals surface area contributed by atoms with Crippen molar-refractivity contribution < 1.29 is 28.7 Å². The van der Waals surface area contributed by atoms with E-state index >= 15 is 0 Å². The summed E-state index contributed by atoms with van der Waals surface area (Å²) in [4.78, 5) is 53.4. The van der Waals surface area contributed by atoms with Crippen LogP contribution in [0.3, 0.4) is 0 Å². The van der Waals surface area contributed by atoms with E-state index in [2.05, 4.69) is 5.32 Å². The maximum absolute atomic E-state index is 12.9. The van der Waals surface area contributed by atoms with Gasteiger partial charge in [0.1, 0.15) is 6.54 Å². The van der Waals surface area contributed by atoms with E-state index in [4.69, 9.17) is 9.47 Å². The predicted octanol–water partition coefficient (Wildman–Crippen LogP) is 4.46. The molecule has 200 valence electrons. The van der Waals surface area contributed by atoms with E-state index in [0.717, 1.165) is 47.9 Å². The van der Waals surface area contributed by atoms with Gasteiger partial charge in [-0.1, -0.05) is 36.6 Å². The molecule has 4 rings (SSSR count). The van der Waals surface area contributed by atoms with Crippen LogP contribution < -0.4 is 14.8 Å². The summed E-state index contributed by atoms with van der Waals surface area (Å²) in [5.74, 6) is -0.277. The number of likely N-dealkylation sites (tertiary alicyclic amines) is 1. The number of nitrogens with zero attached hydrogens (tertiary/aromatic N) is 2. The van der Waals surface area contributed by atoms with Gasteiger partial charge in [0.15, 0.2) is 18.1 Å². The molecule has 0 spiro atoms. The third kappa shape index (κ3) is 6.95. The van der Waals surface area contributed by atoms with Gasteiger partial charge in [-0.05, 0) is 67.4 Å². The SMILES string of the molecule is COc1cc(C=C2SC(=O)N(CC(=O)N3CCCCCC3)C2=O)ccc1OCC(=O)Nc1ccc(C)cc1. The topological polar surface area (TPSA) is 105 Å². The summed E-state index contributed by atoms with van der Waals surface area (Å²) in [6.07, 6.45) is 5.63. The molecule has 38 heavy (non-hydrogen) atoms. The summed E-state index contributed by atoms with van der Waals surface area (Å²) in [6, 6.07) is 12.4. The second kappa shape index (κ2) is 12.6. The molecule has 9 nitrogen and oxygen atoms in total. The van der Waals surface area contributed by atoms with E-state index in [1.54, 1.807) is 29.2 Å². The quantitative estimate of drug-likeness (QED) is 0.496. The van der Waals surface area contributed by atoms with Crippen molar-refractivity contribution in [2.75, 3.05) is 38.7 Å². The molecule has 0 bridgehead atoms. The van der Waals surface area contributed by atoms with Gasteiger partial charge in [0.25, 0.3) is 17.1 Å². The Morgan fingerprint density at radius 2 is 1.71 bits per heavy atom. The van der Waals surface area contributed by atoms with E-state index in [9.17, 15) is 19.2 Å². The Morgan fingerprint density at radius 1 is 1.00 bits per heavy atom. The first-order chi connectivity index (χ1) is 18.3. The number of hydrogen-bond acceptors (Lipinski definition) is 7. The Bertz CT molecular complexity index is 1240. The third-order valence-corrected chi connectivity index (χ3v) is 7.21. The van der Waals surface area contributed by atoms with Crippen molar-refractivity contribution >= 4 is 46.5 Å². The first-order valence-corrected chi connectivity index (χ1v) is 13.4. The minimum Gasteiger partial charge on any atom is -0.493 e. The Hall–Kier alpha value is -3.79. The van der Waals surface area contributed by atoms with Gasteiger partial charge in [0.2, 0.25) is 5.91 Å². The molecular weight excluding hydrogens is 506 g/mol. The molecule has 4 amide bonds. The molecule has 1 N–H and O–H groups in total. The van der Waals surface area contributed by atoms with Crippen LogP contribution in [0.2, 0.25) is 0 Å². The summed E-state index contributed by atoms with van der Waals surface area (Å²) in [5.41, 5.74) is 2.38. The lowest BCUT2D eigenvalue weighted by molar-refractivity contribution is -0.135. The first kappa shape index (κ1) is 27.3. The van der Waals surface area contributed by atoms with Crippen LogP contribution in [-0.2, 0) is 14.4 Å². The molecule has 0 saturated carbocycles. The van der Waals surface area contributed by atoms with Crippen molar-refractivity contribution in [1.29, 1.82) is 0 Å². The lowest BCUT2D eigenvalue weighted by Crippen LogP contribution is -2.42. The van der Waals surface area contributed by atoms with Crippen LogP contribution in [0.1, 0.15) is 36.8 Å². The Morgan fingerprint density at radius 3 is 2.39 bits per heavy atom. The number of ether oxygens (including phenoxy) is 2. The zero-order valence-corrected chi connectivity index (χ0v) is 22.3. The van der Waals surface area contributed by atoms with Crippen molar-refractivity contribution in [3.63, 3.8) is 0 Å². The number of amides is 4. The lowest BCUT2D eigenvalue weighted by Gasteiger charge is -2.22. The standard InChI is InChI=1S/C28H31N3O6S/c1-19-7-10-21(11-8-19)29-25(32)18-37-22-12-9-20(15-23(22)36-2)16-24-27(34)31(28(35)38-24)17-26(33)30-13-5-3-4-6-14-30/h7-12,15-16H,3-6,13-14,17-18H2,1-2H3,(H,29,32). The fourth-order valence-electron chi connectivity index (χ4n) is 4.21. The van der Waals surface area contributed by atoms with Crippen LogP contribution in [0, 0.1) is 6.92 Å². The van der Waals surface area contributed by atoms with Crippen molar-refractivity contribution in [3.05, 3.63) is 58.5 Å². The first-order valence-electron chi connectivity index (χ1n) is 12.5. The maximum atomic E-state index is 12.9. The number of hydrogen-bond donors (Lipinski definition) is 1. The van der Waals surface area contributed by atoms with Crippen LogP contribution in [0.4, 0.5) is 10.5 Å². The van der Waals surface area contributed by atoms with Crippen molar-refractivity contribution in [2.24, 2.45) is 0 Å². The molecule has 2 aliphatic rings. The average molecular weight is 538 g/mol. The molecule has 2 aromatic carbocycles. The van der Waals surface area contributed by atoms with Gasteiger partial charge in [-0.3, -0.25) is 24.1 Å². The molecule has 2 saturated heterocycles. The van der Waals surface area contributed by atoms with Crippen molar-refractivity contribution in [3.8, 4) is 11.5 Å². The number of carbonyl (C=O) groups is 4. The number of thioether (sulfide) groups is 1. The zero-order valence-electron chi connectivity index (χ0n) is 21.5. The molecule has 0 aliphatic carbocycles. The van der Waals surface area contributed by atoms with E-state index in [1.165, 1.54) is 7.11 Å². The minimum absolute atomic E-state index is 0.204. The van der Waals surface area contributed by atoms with Gasteiger partial charge in [-0.25, -0.2) is 0 Å². The summed E-state index contributed by atoms with van der Waals surface area (Å²) >= 11 is 0.806. The highest BCUT2D eigenvalue weighted by Gasteiger charge is 2.37. The molecule has 0 atom stereocenters. The van der Waals surface area contributed by atoms with Crippen molar-refractivity contribution in [2.45, 2.75) is 32.6 Å². The van der Waals surface area contributed by atoms with E-state index < -0.39 is 11.1 Å². The summed E-state index contributed by atoms with van der Waals surface area (Å²) in [7, 11) is 1.47. The number of nitrogens with one attached hydrogen (secondary N) is 1. The molecule has 10 heteroatoms. The molecule has 2 aliphatic heterocycles. The highest BCUT2D eigenvalue weighted by molar-refractivity contribution is 8.18. The monoisotopic (exact) mass is 537 g/mol. The number of imide groups is 1. The number of aryl methyl sites for hydroxylation is 1. The summed E-state index contributed by atoms with van der Waals surface area (Å²) < 4.78 is 11.0. The predicted molar refractivity (Wildman–Crippen MR) is 146 cm³/mol. The summed E-state index contributed by atoms with van der Waals surface area (Å²) in [6.45, 7) is 2.82. The molecule has 0 aromatic heterocycles. The largest absolute Gasteiger partial charge is 0.493 e. The number of methoxy groups -OCH3 is 1. The van der Waals surface area contributed by atoms with Crippen LogP contribution in [0.15, 0.2) is 47.4 Å².